The van der Waals surface area contributed by atoms with Crippen molar-refractivity contribution >= 4 is 39.2 Å². The fourth-order valence-corrected chi connectivity index (χ4v) is 5.46. The molecule has 150 valence electrons. The number of urea groups is 1. The van der Waals surface area contributed by atoms with Gasteiger partial charge < -0.3 is 15.4 Å². The van der Waals surface area contributed by atoms with Gasteiger partial charge in [-0.3, -0.25) is 4.90 Å². The Morgan fingerprint density at radius 2 is 2.03 bits per heavy atom. The van der Waals surface area contributed by atoms with Crippen LogP contribution < -0.4 is 10.5 Å². The first-order valence-electron chi connectivity index (χ1n) is 9.69. The molecule has 0 radical (unpaired) electrons. The van der Waals surface area contributed by atoms with E-state index in [0.29, 0.717) is 16.3 Å². The van der Waals surface area contributed by atoms with Gasteiger partial charge in [-0.25, -0.2) is 9.78 Å². The number of likely N-dealkylation sites (tertiary alicyclic amines) is 2. The summed E-state index contributed by atoms with van der Waals surface area (Å²) in [6.07, 6.45) is 2.01. The quantitative estimate of drug-likeness (QED) is 0.663. The summed E-state index contributed by atoms with van der Waals surface area (Å²) < 4.78 is 6.93. The molecule has 3 heterocycles. The Kier molecular flexibility index (Phi) is 4.81. The van der Waals surface area contributed by atoms with E-state index in [9.17, 15) is 4.79 Å². The number of hydrogen-bond donors (Lipinski definition) is 1. The van der Waals surface area contributed by atoms with Crippen LogP contribution in [0, 0.1) is 0 Å². The molecule has 0 saturated carbocycles. The Labute approximate surface area is 177 Å². The summed E-state index contributed by atoms with van der Waals surface area (Å²) in [4.78, 5) is 20.2. The number of nitrogens with zero attached hydrogens (tertiary/aromatic N) is 3. The van der Waals surface area contributed by atoms with Gasteiger partial charge in [0.2, 0.25) is 0 Å². The molecule has 2 fully saturated rings. The van der Waals surface area contributed by atoms with Gasteiger partial charge in [0, 0.05) is 31.7 Å². The first-order chi connectivity index (χ1) is 14.1. The van der Waals surface area contributed by atoms with E-state index in [1.54, 1.807) is 0 Å². The van der Waals surface area contributed by atoms with E-state index in [1.165, 1.54) is 16.9 Å². The standard InChI is InChI=1S/C21H21ClN4O2S/c22-17-2-1-3-18-19(17)24-21(29-18)28-16-6-4-13(5-7-16)8-9-25-11-15-10-14(25)12-26(15)20(23)27/h1-7,14-15H,8-12H2,(H2,23,27)/t14?,15-/m1/s1. The number of amides is 2. The highest BCUT2D eigenvalue weighted by molar-refractivity contribution is 7.20. The molecule has 2 N–H and O–H groups in total. The van der Waals surface area contributed by atoms with Gasteiger partial charge in [0.15, 0.2) is 0 Å². The summed E-state index contributed by atoms with van der Waals surface area (Å²) in [6, 6.07) is 14.3. The number of benzene rings is 2. The van der Waals surface area contributed by atoms with E-state index in [-0.39, 0.29) is 12.1 Å². The molecule has 2 bridgehead atoms. The van der Waals surface area contributed by atoms with Crippen LogP contribution in [-0.4, -0.2) is 52.5 Å². The van der Waals surface area contributed by atoms with Crippen LogP contribution in [0.5, 0.6) is 10.9 Å². The zero-order valence-corrected chi connectivity index (χ0v) is 17.3. The summed E-state index contributed by atoms with van der Waals surface area (Å²) in [6.45, 7) is 2.68. The number of nitrogens with two attached hydrogens (primary N) is 1. The topological polar surface area (TPSA) is 71.7 Å². The van der Waals surface area contributed by atoms with Crippen LogP contribution in [-0.2, 0) is 6.42 Å². The van der Waals surface area contributed by atoms with Crippen molar-refractivity contribution in [3.8, 4) is 10.9 Å². The van der Waals surface area contributed by atoms with E-state index in [0.717, 1.165) is 48.4 Å². The number of halogens is 1. The molecule has 2 amide bonds. The number of para-hydroxylation sites is 1. The predicted molar refractivity (Wildman–Crippen MR) is 115 cm³/mol. The van der Waals surface area contributed by atoms with Crippen LogP contribution in [0.4, 0.5) is 4.79 Å². The molecule has 6 nitrogen and oxygen atoms in total. The number of carbonyl (C=O) groups is 1. The first kappa shape index (κ1) is 18.7. The number of ether oxygens (including phenoxy) is 1. The fraction of sp³-hybridized carbons (Fsp3) is 0.333. The van der Waals surface area contributed by atoms with Gasteiger partial charge in [-0.15, -0.1) is 0 Å². The van der Waals surface area contributed by atoms with Crippen molar-refractivity contribution in [2.45, 2.75) is 24.9 Å². The first-order valence-corrected chi connectivity index (χ1v) is 10.9. The molecule has 2 saturated heterocycles. The Morgan fingerprint density at radius 3 is 2.72 bits per heavy atom. The minimum absolute atomic E-state index is 0.288. The molecule has 8 heteroatoms. The third-order valence-corrected chi connectivity index (χ3v) is 7.01. The van der Waals surface area contributed by atoms with Gasteiger partial charge in [0.25, 0.3) is 5.19 Å². The molecular formula is C21H21ClN4O2S. The second-order valence-electron chi connectivity index (χ2n) is 7.59. The molecule has 29 heavy (non-hydrogen) atoms. The van der Waals surface area contributed by atoms with E-state index in [4.69, 9.17) is 22.1 Å². The maximum absolute atomic E-state index is 11.4. The molecule has 2 aliphatic heterocycles. The zero-order valence-electron chi connectivity index (χ0n) is 15.8. The summed E-state index contributed by atoms with van der Waals surface area (Å²) in [7, 11) is 0. The predicted octanol–water partition coefficient (Wildman–Crippen LogP) is 4.12. The number of thiazole rings is 1. The maximum Gasteiger partial charge on any atom is 0.315 e. The van der Waals surface area contributed by atoms with E-state index in [1.807, 2.05) is 35.2 Å². The molecule has 3 aromatic rings. The number of carbonyl (C=O) groups excluding carboxylic acids is 1. The SMILES string of the molecule is NC(=O)N1CC2C[C@@H]1CN2CCc1ccc(Oc2nc3c(Cl)cccc3s2)cc1. The average molecular weight is 429 g/mol. The number of piperazine rings is 1. The molecule has 2 aromatic carbocycles. The van der Waals surface area contributed by atoms with E-state index in [2.05, 4.69) is 22.0 Å². The molecule has 2 aliphatic rings. The highest BCUT2D eigenvalue weighted by Gasteiger charge is 2.44. The highest BCUT2D eigenvalue weighted by Crippen LogP contribution is 2.34. The van der Waals surface area contributed by atoms with Gasteiger partial charge >= 0.3 is 6.03 Å². The zero-order chi connectivity index (χ0) is 20.0. The second kappa shape index (κ2) is 7.48. The van der Waals surface area contributed by atoms with Gasteiger partial charge in [-0.1, -0.05) is 41.1 Å². The lowest BCUT2D eigenvalue weighted by Crippen LogP contribution is -2.50. The van der Waals surface area contributed by atoms with Crippen LogP contribution in [0.15, 0.2) is 42.5 Å². The lowest BCUT2D eigenvalue weighted by Gasteiger charge is -2.33. The lowest BCUT2D eigenvalue weighted by molar-refractivity contribution is 0.142. The maximum atomic E-state index is 11.4. The third kappa shape index (κ3) is 3.66. The molecule has 0 aliphatic carbocycles. The Balaban J connectivity index is 1.18. The van der Waals surface area contributed by atoms with Crippen LogP contribution in [0.3, 0.4) is 0 Å². The number of rotatable bonds is 5. The van der Waals surface area contributed by atoms with Crippen molar-refractivity contribution in [1.82, 2.24) is 14.8 Å². The Morgan fingerprint density at radius 1 is 1.21 bits per heavy atom. The van der Waals surface area contributed by atoms with Gasteiger partial charge in [0.1, 0.15) is 11.3 Å². The van der Waals surface area contributed by atoms with Gasteiger partial charge in [-0.2, -0.15) is 0 Å². The van der Waals surface area contributed by atoms with Crippen LogP contribution in [0.25, 0.3) is 10.2 Å². The lowest BCUT2D eigenvalue weighted by atomic mass is 10.1. The molecule has 1 unspecified atom stereocenters. The third-order valence-electron chi connectivity index (χ3n) is 5.80. The summed E-state index contributed by atoms with van der Waals surface area (Å²) >= 11 is 7.67. The van der Waals surface area contributed by atoms with Gasteiger partial charge in [0.05, 0.1) is 9.72 Å². The smallest absolute Gasteiger partial charge is 0.315 e. The highest BCUT2D eigenvalue weighted by atomic mass is 35.5. The minimum Gasteiger partial charge on any atom is -0.431 e. The Hall–Kier alpha value is -2.35. The number of fused-ring (bicyclic) bond motifs is 3. The van der Waals surface area contributed by atoms with Gasteiger partial charge in [-0.05, 0) is 42.7 Å². The second-order valence-corrected chi connectivity index (χ2v) is 8.99. The number of primary amides is 1. The van der Waals surface area contributed by atoms with E-state index < -0.39 is 0 Å². The fourth-order valence-electron chi connectivity index (χ4n) is 4.33. The average Bonchev–Trinajstić information content (AvgIpc) is 3.41. The molecule has 2 atom stereocenters. The Bertz CT molecular complexity index is 1050. The van der Waals surface area contributed by atoms with Crippen LogP contribution in [0.1, 0.15) is 12.0 Å². The monoisotopic (exact) mass is 428 g/mol. The number of aromatic nitrogens is 1. The van der Waals surface area contributed by atoms with Crippen molar-refractivity contribution in [1.29, 1.82) is 0 Å². The van der Waals surface area contributed by atoms with E-state index >= 15 is 0 Å². The number of hydrogen-bond acceptors (Lipinski definition) is 5. The van der Waals surface area contributed by atoms with Crippen molar-refractivity contribution in [2.75, 3.05) is 19.6 Å². The van der Waals surface area contributed by atoms with Crippen LogP contribution >= 0.6 is 22.9 Å². The molecule has 5 rings (SSSR count). The van der Waals surface area contributed by atoms with Crippen molar-refractivity contribution in [3.05, 3.63) is 53.1 Å². The summed E-state index contributed by atoms with van der Waals surface area (Å²) in [5, 5.41) is 1.23. The van der Waals surface area contributed by atoms with Crippen LogP contribution in [0.2, 0.25) is 5.02 Å². The summed E-state index contributed by atoms with van der Waals surface area (Å²) in [5.74, 6) is 0.765. The van der Waals surface area contributed by atoms with Crippen molar-refractivity contribution < 1.29 is 9.53 Å². The van der Waals surface area contributed by atoms with Crippen molar-refractivity contribution in [3.63, 3.8) is 0 Å². The molecule has 0 spiro atoms. The molecule has 1 aromatic heterocycles. The van der Waals surface area contributed by atoms with Crippen molar-refractivity contribution in [2.24, 2.45) is 5.73 Å². The normalized spacial score (nSPS) is 21.2. The summed E-state index contributed by atoms with van der Waals surface area (Å²) in [5.41, 5.74) is 7.48. The molecular weight excluding hydrogens is 408 g/mol. The minimum atomic E-state index is -0.289. The largest absolute Gasteiger partial charge is 0.431 e.